The molecular formula is C19H18N2O5S. The molecule has 2 atom stereocenters. The highest BCUT2D eigenvalue weighted by atomic mass is 32.2. The van der Waals surface area contributed by atoms with Crippen LogP contribution in [0.25, 0.3) is 0 Å². The number of nitrogens with zero attached hydrogens (tertiary/aromatic N) is 2. The third-order valence-corrected chi connectivity index (χ3v) is 7.80. The predicted molar refractivity (Wildman–Crippen MR) is 97.7 cm³/mol. The molecule has 1 aliphatic carbocycles. The lowest BCUT2D eigenvalue weighted by molar-refractivity contribution is -0.384. The standard InChI is InChI=1S/C19H18N2O5S/c22-14-18-10-11-20(13-19(18,12-18)15-4-2-1-3-5-15)27(25,26)17-8-6-16(7-9-17)21(23)24/h1-9,14H,10-13H2/t18-,19-/m0/s1. The number of hydrogen-bond acceptors (Lipinski definition) is 5. The second-order valence-electron chi connectivity index (χ2n) is 7.24. The molecule has 8 heteroatoms. The van der Waals surface area contributed by atoms with Crippen molar-refractivity contribution in [2.45, 2.75) is 23.2 Å². The van der Waals surface area contributed by atoms with Gasteiger partial charge in [0.05, 0.1) is 9.82 Å². The Morgan fingerprint density at radius 3 is 2.33 bits per heavy atom. The van der Waals surface area contributed by atoms with Crippen LogP contribution in [0.1, 0.15) is 18.4 Å². The number of sulfonamides is 1. The third kappa shape index (κ3) is 2.59. The Morgan fingerprint density at radius 2 is 1.74 bits per heavy atom. The Bertz CT molecular complexity index is 1010. The van der Waals surface area contributed by atoms with E-state index < -0.39 is 25.8 Å². The van der Waals surface area contributed by atoms with Gasteiger partial charge in [0.2, 0.25) is 10.0 Å². The van der Waals surface area contributed by atoms with Gasteiger partial charge in [-0.2, -0.15) is 4.31 Å². The van der Waals surface area contributed by atoms with Crippen molar-refractivity contribution in [3.63, 3.8) is 0 Å². The van der Waals surface area contributed by atoms with Crippen LogP contribution in [0.4, 0.5) is 5.69 Å². The number of aldehydes is 1. The zero-order valence-corrected chi connectivity index (χ0v) is 15.3. The summed E-state index contributed by atoms with van der Waals surface area (Å²) in [6.45, 7) is 0.488. The van der Waals surface area contributed by atoms with Crippen molar-refractivity contribution < 1.29 is 18.1 Å². The number of non-ortho nitro benzene ring substituents is 1. The second-order valence-corrected chi connectivity index (χ2v) is 9.18. The van der Waals surface area contributed by atoms with Gasteiger partial charge in [0, 0.05) is 36.1 Å². The van der Waals surface area contributed by atoms with Crippen LogP contribution in [0.3, 0.4) is 0 Å². The van der Waals surface area contributed by atoms with Gasteiger partial charge in [-0.25, -0.2) is 8.42 Å². The van der Waals surface area contributed by atoms with E-state index in [1.165, 1.54) is 28.6 Å². The number of rotatable bonds is 5. The molecule has 1 heterocycles. The molecule has 0 N–H and O–H groups in total. The van der Waals surface area contributed by atoms with Gasteiger partial charge in [-0.1, -0.05) is 30.3 Å². The first-order valence-electron chi connectivity index (χ1n) is 8.61. The van der Waals surface area contributed by atoms with Crippen LogP contribution in [0, 0.1) is 15.5 Å². The van der Waals surface area contributed by atoms with E-state index in [1.807, 2.05) is 30.3 Å². The normalized spacial score (nSPS) is 27.6. The number of nitro benzene ring substituents is 1. The molecule has 2 fully saturated rings. The van der Waals surface area contributed by atoms with Gasteiger partial charge in [-0.05, 0) is 30.5 Å². The molecule has 2 aliphatic rings. The first-order chi connectivity index (χ1) is 12.8. The van der Waals surface area contributed by atoms with Gasteiger partial charge < -0.3 is 4.79 Å². The Kier molecular flexibility index (Phi) is 3.94. The molecule has 0 radical (unpaired) electrons. The molecule has 4 rings (SSSR count). The van der Waals surface area contributed by atoms with E-state index in [-0.39, 0.29) is 23.7 Å². The molecule has 140 valence electrons. The molecule has 0 spiro atoms. The Morgan fingerprint density at radius 1 is 1.07 bits per heavy atom. The van der Waals surface area contributed by atoms with Crippen LogP contribution < -0.4 is 0 Å². The van der Waals surface area contributed by atoms with E-state index in [0.29, 0.717) is 12.8 Å². The van der Waals surface area contributed by atoms with Crippen molar-refractivity contribution in [1.82, 2.24) is 4.31 Å². The fraction of sp³-hybridized carbons (Fsp3) is 0.316. The van der Waals surface area contributed by atoms with Crippen LogP contribution >= 0.6 is 0 Å². The van der Waals surface area contributed by atoms with Gasteiger partial charge >= 0.3 is 0 Å². The first kappa shape index (κ1) is 17.8. The van der Waals surface area contributed by atoms with Crippen LogP contribution in [-0.2, 0) is 20.2 Å². The summed E-state index contributed by atoms with van der Waals surface area (Å²) in [5, 5.41) is 10.8. The Labute approximate surface area is 156 Å². The van der Waals surface area contributed by atoms with Crippen molar-refractivity contribution >= 4 is 22.0 Å². The molecular weight excluding hydrogens is 368 g/mol. The predicted octanol–water partition coefficient (Wildman–Crippen LogP) is 2.52. The van der Waals surface area contributed by atoms with Gasteiger partial charge in [-0.3, -0.25) is 10.1 Å². The molecule has 1 saturated carbocycles. The van der Waals surface area contributed by atoms with Crippen molar-refractivity contribution in [3.05, 3.63) is 70.3 Å². The van der Waals surface area contributed by atoms with Gasteiger partial charge in [0.1, 0.15) is 6.29 Å². The highest BCUT2D eigenvalue weighted by Gasteiger charge is 2.70. The topological polar surface area (TPSA) is 97.6 Å². The molecule has 0 amide bonds. The quantitative estimate of drug-likeness (QED) is 0.447. The van der Waals surface area contributed by atoms with E-state index in [0.717, 1.165) is 11.8 Å². The number of carbonyl (C=O) groups is 1. The van der Waals surface area contributed by atoms with Crippen LogP contribution in [0.15, 0.2) is 59.5 Å². The monoisotopic (exact) mass is 386 g/mol. The summed E-state index contributed by atoms with van der Waals surface area (Å²) in [6, 6.07) is 14.4. The fourth-order valence-corrected chi connectivity index (χ4v) is 5.79. The Balaban J connectivity index is 1.67. The summed E-state index contributed by atoms with van der Waals surface area (Å²) in [5.74, 6) is 0. The number of hydrogen-bond donors (Lipinski definition) is 0. The van der Waals surface area contributed by atoms with Crippen LogP contribution in [0.5, 0.6) is 0 Å². The van der Waals surface area contributed by atoms with Gasteiger partial charge in [-0.15, -0.1) is 0 Å². The highest BCUT2D eigenvalue weighted by molar-refractivity contribution is 7.89. The lowest BCUT2D eigenvalue weighted by Gasteiger charge is -2.35. The van der Waals surface area contributed by atoms with Crippen molar-refractivity contribution in [2.24, 2.45) is 5.41 Å². The SMILES string of the molecule is O=C[C@@]12CCN(S(=O)(=O)c3ccc([N+](=O)[O-])cc3)C[C@]1(c1ccccc1)C2. The highest BCUT2D eigenvalue weighted by Crippen LogP contribution is 2.67. The summed E-state index contributed by atoms with van der Waals surface area (Å²) < 4.78 is 27.5. The van der Waals surface area contributed by atoms with E-state index in [4.69, 9.17) is 0 Å². The zero-order chi connectivity index (χ0) is 19.3. The number of piperidine rings is 1. The number of benzene rings is 2. The maximum Gasteiger partial charge on any atom is 0.269 e. The summed E-state index contributed by atoms with van der Waals surface area (Å²) >= 11 is 0. The van der Waals surface area contributed by atoms with Crippen molar-refractivity contribution in [1.29, 1.82) is 0 Å². The van der Waals surface area contributed by atoms with E-state index >= 15 is 0 Å². The van der Waals surface area contributed by atoms with Gasteiger partial charge in [0.15, 0.2) is 0 Å². The summed E-state index contributed by atoms with van der Waals surface area (Å²) in [5.41, 5.74) is -0.186. The summed E-state index contributed by atoms with van der Waals surface area (Å²) in [4.78, 5) is 22.0. The smallest absolute Gasteiger partial charge is 0.269 e. The minimum Gasteiger partial charge on any atom is -0.303 e. The number of nitro groups is 1. The lowest BCUT2D eigenvalue weighted by atomic mass is 9.82. The minimum atomic E-state index is -3.80. The second kappa shape index (κ2) is 5.97. The molecule has 0 bridgehead atoms. The molecule has 7 nitrogen and oxygen atoms in total. The third-order valence-electron chi connectivity index (χ3n) is 5.94. The maximum absolute atomic E-state index is 13.1. The van der Waals surface area contributed by atoms with E-state index in [2.05, 4.69) is 0 Å². The van der Waals surface area contributed by atoms with E-state index in [9.17, 15) is 23.3 Å². The van der Waals surface area contributed by atoms with Crippen molar-refractivity contribution in [2.75, 3.05) is 13.1 Å². The van der Waals surface area contributed by atoms with E-state index in [1.54, 1.807) is 0 Å². The molecule has 0 unspecified atom stereocenters. The summed E-state index contributed by atoms with van der Waals surface area (Å²) in [6.07, 6.45) is 2.09. The molecule has 27 heavy (non-hydrogen) atoms. The molecule has 1 aliphatic heterocycles. The maximum atomic E-state index is 13.1. The average Bonchev–Trinajstić information content (AvgIpc) is 3.39. The largest absolute Gasteiger partial charge is 0.303 e. The van der Waals surface area contributed by atoms with Crippen LogP contribution in [-0.4, -0.2) is 37.0 Å². The Hall–Kier alpha value is -2.58. The zero-order valence-electron chi connectivity index (χ0n) is 14.4. The molecule has 1 saturated heterocycles. The van der Waals surface area contributed by atoms with Crippen LogP contribution in [0.2, 0.25) is 0 Å². The number of carbonyl (C=O) groups excluding carboxylic acids is 1. The minimum absolute atomic E-state index is 0.0237. The molecule has 0 aromatic heterocycles. The fourth-order valence-electron chi connectivity index (χ4n) is 4.29. The molecule has 2 aromatic rings. The first-order valence-corrected chi connectivity index (χ1v) is 10.1. The average molecular weight is 386 g/mol. The molecule has 2 aromatic carbocycles. The number of fused-ring (bicyclic) bond motifs is 1. The van der Waals surface area contributed by atoms with Gasteiger partial charge in [0.25, 0.3) is 5.69 Å². The summed E-state index contributed by atoms with van der Waals surface area (Å²) in [7, 11) is -3.80. The van der Waals surface area contributed by atoms with Crippen molar-refractivity contribution in [3.8, 4) is 0 Å². The lowest BCUT2D eigenvalue weighted by Crippen LogP contribution is -2.46.